The van der Waals surface area contributed by atoms with Crippen LogP contribution in [-0.4, -0.2) is 24.1 Å². The van der Waals surface area contributed by atoms with Crippen LogP contribution in [-0.2, 0) is 14.3 Å². The third-order valence-electron chi connectivity index (χ3n) is 1.37. The monoisotopic (exact) mass is 306 g/mol. The van der Waals surface area contributed by atoms with Gasteiger partial charge in [-0.15, -0.1) is 0 Å². The lowest BCUT2D eigenvalue weighted by atomic mass is 10.3. The number of alkyl halides is 6. The minimum Gasteiger partial charge on any atom is -0.397 e. The van der Waals surface area contributed by atoms with Crippen LogP contribution in [0.2, 0.25) is 0 Å². The molecule has 0 aromatic rings. The maximum atomic E-state index is 12.6. The lowest BCUT2D eigenvalue weighted by molar-refractivity contribution is -0.436. The van der Waals surface area contributed by atoms with Crippen LogP contribution in [0.25, 0.3) is 0 Å². The lowest BCUT2D eigenvalue weighted by Gasteiger charge is -2.29. The van der Waals surface area contributed by atoms with Crippen LogP contribution in [0.5, 0.6) is 0 Å². The van der Waals surface area contributed by atoms with Crippen LogP contribution in [0.4, 0.5) is 39.5 Å². The molecule has 0 atom stereocenters. The minimum atomic E-state index is -6.60. The van der Waals surface area contributed by atoms with Crippen molar-refractivity contribution >= 4 is 5.97 Å². The van der Waals surface area contributed by atoms with Crippen LogP contribution in [0.15, 0.2) is 12.1 Å². The Kier molecular flexibility index (Phi) is 4.73. The van der Waals surface area contributed by atoms with Crippen molar-refractivity contribution in [1.29, 1.82) is 0 Å². The molecule has 0 amide bonds. The van der Waals surface area contributed by atoms with Crippen molar-refractivity contribution in [1.82, 2.24) is 0 Å². The van der Waals surface area contributed by atoms with E-state index in [1.54, 1.807) is 0 Å². The summed E-state index contributed by atoms with van der Waals surface area (Å²) in [6.45, 7) is 0.185. The summed E-state index contributed by atoms with van der Waals surface area (Å²) in [5.74, 6) is -8.67. The van der Waals surface area contributed by atoms with Crippen molar-refractivity contribution in [2.75, 3.05) is 0 Å². The normalized spacial score (nSPS) is 12.9. The number of carbonyl (C=O) groups excluding carboxylic acids is 1. The zero-order valence-corrected chi connectivity index (χ0v) is 8.63. The second-order valence-electron chi connectivity index (χ2n) is 2.84. The number of rotatable bonds is 5. The highest BCUT2D eigenvalue weighted by Crippen LogP contribution is 2.48. The van der Waals surface area contributed by atoms with Crippen molar-refractivity contribution in [3.05, 3.63) is 12.1 Å². The molecule has 0 rings (SSSR count). The first kappa shape index (κ1) is 17.4. The van der Waals surface area contributed by atoms with Crippen LogP contribution < -0.4 is 0 Å². The Bertz CT molecular complexity index is 385. The summed E-state index contributed by atoms with van der Waals surface area (Å²) >= 11 is 0. The van der Waals surface area contributed by atoms with E-state index in [0.717, 1.165) is 0 Å². The quantitative estimate of drug-likeness (QED) is 0.443. The number of carbonyl (C=O) groups is 1. The Morgan fingerprint density at radius 2 is 1.21 bits per heavy atom. The molecule has 19 heavy (non-hydrogen) atoms. The molecule has 0 N–H and O–H groups in total. The fraction of sp³-hybridized carbons (Fsp3) is 0.571. The second kappa shape index (κ2) is 5.17. The predicted octanol–water partition coefficient (Wildman–Crippen LogP) is 3.42. The van der Waals surface area contributed by atoms with E-state index in [9.17, 15) is 44.3 Å². The lowest BCUT2D eigenvalue weighted by Crippen LogP contribution is -2.56. The van der Waals surface area contributed by atoms with Gasteiger partial charge < -0.3 is 9.47 Å². The predicted molar refractivity (Wildman–Crippen MR) is 38.0 cm³/mol. The van der Waals surface area contributed by atoms with E-state index in [-0.39, 0.29) is 6.92 Å². The van der Waals surface area contributed by atoms with Crippen molar-refractivity contribution < 1.29 is 53.8 Å². The largest absolute Gasteiger partial charge is 0.477 e. The summed E-state index contributed by atoms with van der Waals surface area (Å²) < 4.78 is 115. The highest BCUT2D eigenvalue weighted by atomic mass is 19.4. The number of halogens is 9. The smallest absolute Gasteiger partial charge is 0.397 e. The second-order valence-corrected chi connectivity index (χ2v) is 2.84. The molecule has 0 aromatic heterocycles. The minimum absolute atomic E-state index is 0.185. The maximum absolute atomic E-state index is 12.6. The fourth-order valence-corrected chi connectivity index (χ4v) is 0.629. The van der Waals surface area contributed by atoms with Gasteiger partial charge in [0.2, 0.25) is 0 Å². The number of esters is 1. The van der Waals surface area contributed by atoms with E-state index >= 15 is 0 Å². The Labute approximate surface area is 98.1 Å². The first-order valence-corrected chi connectivity index (χ1v) is 3.97. The molecular weight excluding hydrogens is 303 g/mol. The molecule has 0 aliphatic heterocycles. The molecular formula is C7H3F9O3. The van der Waals surface area contributed by atoms with Crippen LogP contribution in [0.3, 0.4) is 0 Å². The fourth-order valence-electron chi connectivity index (χ4n) is 0.629. The zero-order valence-electron chi connectivity index (χ0n) is 8.63. The summed E-state index contributed by atoms with van der Waals surface area (Å²) in [5, 5.41) is 0. The van der Waals surface area contributed by atoms with E-state index in [1.165, 1.54) is 0 Å². The Morgan fingerprint density at radius 1 is 0.842 bits per heavy atom. The van der Waals surface area contributed by atoms with Gasteiger partial charge in [0.05, 0.1) is 0 Å². The molecule has 0 saturated carbocycles. The van der Waals surface area contributed by atoms with Gasteiger partial charge in [-0.2, -0.15) is 39.5 Å². The van der Waals surface area contributed by atoms with Gasteiger partial charge in [-0.05, 0) is 0 Å². The highest BCUT2D eigenvalue weighted by Gasteiger charge is 2.77. The molecule has 3 nitrogen and oxygen atoms in total. The molecule has 0 aromatic carbocycles. The summed E-state index contributed by atoms with van der Waals surface area (Å²) in [6, 6.07) is -3.48. The molecule has 0 heterocycles. The van der Waals surface area contributed by atoms with Crippen LogP contribution in [0, 0.1) is 0 Å². The SMILES string of the molecule is CC(=O)OC(F)(F)C(F)(F)C(F)(F)OC(F)=C(F)F. The molecule has 0 bridgehead atoms. The van der Waals surface area contributed by atoms with Crippen LogP contribution >= 0.6 is 0 Å². The van der Waals surface area contributed by atoms with Gasteiger partial charge >= 0.3 is 36.2 Å². The molecule has 0 radical (unpaired) electrons. The third-order valence-corrected chi connectivity index (χ3v) is 1.37. The first-order valence-electron chi connectivity index (χ1n) is 3.97. The van der Waals surface area contributed by atoms with Gasteiger partial charge in [0, 0.05) is 6.92 Å². The van der Waals surface area contributed by atoms with Crippen molar-refractivity contribution in [2.45, 2.75) is 25.1 Å². The molecule has 0 unspecified atom stereocenters. The molecule has 0 saturated heterocycles. The third kappa shape index (κ3) is 3.67. The number of ether oxygens (including phenoxy) is 2. The van der Waals surface area contributed by atoms with Gasteiger partial charge in [0.15, 0.2) is 0 Å². The van der Waals surface area contributed by atoms with E-state index in [4.69, 9.17) is 0 Å². The average Bonchev–Trinajstić information content (AvgIpc) is 2.13. The zero-order chi connectivity index (χ0) is 15.6. The summed E-state index contributed by atoms with van der Waals surface area (Å²) in [4.78, 5) is 10.0. The molecule has 0 fully saturated rings. The molecule has 0 aliphatic carbocycles. The van der Waals surface area contributed by atoms with Crippen molar-refractivity contribution in [3.63, 3.8) is 0 Å². The Morgan fingerprint density at radius 3 is 1.53 bits per heavy atom. The first-order chi connectivity index (χ1) is 8.24. The topological polar surface area (TPSA) is 35.5 Å². The van der Waals surface area contributed by atoms with Crippen molar-refractivity contribution in [3.8, 4) is 0 Å². The van der Waals surface area contributed by atoms with Gasteiger partial charge in [0.25, 0.3) is 0 Å². The molecule has 0 aliphatic rings. The van der Waals surface area contributed by atoms with Gasteiger partial charge in [-0.3, -0.25) is 4.79 Å². The Balaban J connectivity index is 5.38. The van der Waals surface area contributed by atoms with Gasteiger partial charge in [0.1, 0.15) is 0 Å². The number of hydrogen-bond acceptors (Lipinski definition) is 3. The standard InChI is InChI=1S/C7H3F9O3/c1-2(17)18-6(13,14)5(11,12)7(15,16)19-4(10)3(8)9/h1H3. The summed E-state index contributed by atoms with van der Waals surface area (Å²) in [5.41, 5.74) is 0. The van der Waals surface area contributed by atoms with Gasteiger partial charge in [-0.25, -0.2) is 0 Å². The highest BCUT2D eigenvalue weighted by molar-refractivity contribution is 5.66. The average molecular weight is 306 g/mol. The van der Waals surface area contributed by atoms with Crippen molar-refractivity contribution in [2.24, 2.45) is 0 Å². The molecule has 112 valence electrons. The Hall–Kier alpha value is -1.62. The van der Waals surface area contributed by atoms with Gasteiger partial charge in [-0.1, -0.05) is 0 Å². The maximum Gasteiger partial charge on any atom is 0.477 e. The summed E-state index contributed by atoms with van der Waals surface area (Å²) in [7, 11) is 0. The summed E-state index contributed by atoms with van der Waals surface area (Å²) in [6.07, 6.45) is -16.1. The number of hydrogen-bond donors (Lipinski definition) is 0. The van der Waals surface area contributed by atoms with E-state index in [0.29, 0.717) is 0 Å². The van der Waals surface area contributed by atoms with E-state index < -0.39 is 36.2 Å². The van der Waals surface area contributed by atoms with Crippen LogP contribution in [0.1, 0.15) is 6.92 Å². The van der Waals surface area contributed by atoms with E-state index in [1.807, 2.05) is 0 Å². The molecule has 0 spiro atoms. The molecule has 12 heteroatoms. The van der Waals surface area contributed by atoms with E-state index in [2.05, 4.69) is 9.47 Å².